The second-order valence-corrected chi connectivity index (χ2v) is 2.84. The fourth-order valence-electron chi connectivity index (χ4n) is 0.882. The van der Waals surface area contributed by atoms with Crippen LogP contribution in [0.25, 0.3) is 0 Å². The maximum atomic E-state index is 12.3. The Bertz CT molecular complexity index is 341. The molecule has 0 amide bonds. The minimum atomic E-state index is -2.61. The van der Waals surface area contributed by atoms with E-state index in [2.05, 4.69) is 4.98 Å². The summed E-state index contributed by atoms with van der Waals surface area (Å²) in [7, 11) is 0. The lowest BCUT2D eigenvalue weighted by Crippen LogP contribution is -1.98. The lowest BCUT2D eigenvalue weighted by Gasteiger charge is -2.04. The smallest absolute Gasteiger partial charge is 0.270 e. The van der Waals surface area contributed by atoms with Crippen molar-refractivity contribution in [1.82, 2.24) is 4.98 Å². The number of carbonyl (C=O) groups is 1. The molecule has 0 radical (unpaired) electrons. The van der Waals surface area contributed by atoms with Crippen LogP contribution in [0.1, 0.15) is 28.0 Å². The van der Waals surface area contributed by atoms with Crippen LogP contribution in [0.4, 0.5) is 8.78 Å². The van der Waals surface area contributed by atoms with Crippen molar-refractivity contribution in [2.45, 2.75) is 13.3 Å². The minimum absolute atomic E-state index is 0.150. The third kappa shape index (κ3) is 2.21. The Hall–Kier alpha value is -1.03. The Morgan fingerprint density at radius 3 is 2.69 bits per heavy atom. The van der Waals surface area contributed by atoms with E-state index in [1.807, 2.05) is 0 Å². The molecule has 0 aliphatic heterocycles. The minimum Gasteiger partial charge on any atom is -0.274 e. The summed E-state index contributed by atoms with van der Waals surface area (Å²) in [5.74, 6) is 0. The first kappa shape index (κ1) is 10.1. The molecule has 0 spiro atoms. The van der Waals surface area contributed by atoms with E-state index in [4.69, 9.17) is 11.6 Å². The molecule has 0 aliphatic rings. The molecule has 5 heteroatoms. The molecule has 1 heterocycles. The zero-order valence-corrected chi connectivity index (χ0v) is 7.48. The molecule has 1 rings (SSSR count). The number of aryl methyl sites for hydroxylation is 1. The third-order valence-electron chi connectivity index (χ3n) is 1.58. The van der Waals surface area contributed by atoms with Crippen LogP contribution in [-0.2, 0) is 0 Å². The van der Waals surface area contributed by atoms with E-state index < -0.39 is 11.7 Å². The van der Waals surface area contributed by atoms with Crippen molar-refractivity contribution >= 4 is 16.8 Å². The number of nitrogens with zero attached hydrogens (tertiary/aromatic N) is 1. The summed E-state index contributed by atoms with van der Waals surface area (Å²) in [5.41, 5.74) is -0.0155. The molecule has 13 heavy (non-hydrogen) atoms. The first-order chi connectivity index (χ1) is 6.02. The van der Waals surface area contributed by atoms with Gasteiger partial charge in [0.15, 0.2) is 0 Å². The average Bonchev–Trinajstić information content (AvgIpc) is 2.04. The fourth-order valence-corrected chi connectivity index (χ4v) is 0.985. The van der Waals surface area contributed by atoms with Gasteiger partial charge in [-0.2, -0.15) is 0 Å². The van der Waals surface area contributed by atoms with Crippen molar-refractivity contribution < 1.29 is 13.6 Å². The van der Waals surface area contributed by atoms with Gasteiger partial charge in [-0.25, -0.2) is 8.78 Å². The monoisotopic (exact) mass is 205 g/mol. The van der Waals surface area contributed by atoms with Gasteiger partial charge in [-0.15, -0.1) is 0 Å². The molecule has 0 fully saturated rings. The summed E-state index contributed by atoms with van der Waals surface area (Å²) in [6, 6.07) is 1.01. The van der Waals surface area contributed by atoms with E-state index in [0.29, 0.717) is 5.56 Å². The van der Waals surface area contributed by atoms with Crippen LogP contribution in [0.2, 0.25) is 0 Å². The number of pyridine rings is 1. The van der Waals surface area contributed by atoms with Gasteiger partial charge in [-0.05, 0) is 30.2 Å². The summed E-state index contributed by atoms with van der Waals surface area (Å²) < 4.78 is 24.6. The number of alkyl halides is 2. The molecular weight excluding hydrogens is 200 g/mol. The Morgan fingerprint density at radius 1 is 1.62 bits per heavy atom. The maximum Gasteiger partial charge on any atom is 0.270 e. The quantitative estimate of drug-likeness (QED) is 0.695. The molecule has 1 aromatic rings. The fraction of sp³-hybridized carbons (Fsp3) is 0.250. The summed E-state index contributed by atoms with van der Waals surface area (Å²) in [4.78, 5) is 14.2. The van der Waals surface area contributed by atoms with Gasteiger partial charge in [0.2, 0.25) is 0 Å². The van der Waals surface area contributed by atoms with E-state index in [0.717, 1.165) is 6.07 Å². The van der Waals surface area contributed by atoms with Crippen molar-refractivity contribution in [2.24, 2.45) is 0 Å². The number of aromatic nitrogens is 1. The Balaban J connectivity index is 3.19. The predicted molar refractivity (Wildman–Crippen MR) is 44.1 cm³/mol. The highest BCUT2D eigenvalue weighted by molar-refractivity contribution is 6.67. The molecular formula is C8H6ClF2NO. The molecule has 0 aliphatic carbocycles. The molecule has 0 unspecified atom stereocenters. The molecule has 0 saturated heterocycles. The zero-order chi connectivity index (χ0) is 10.0. The van der Waals surface area contributed by atoms with E-state index in [1.54, 1.807) is 0 Å². The van der Waals surface area contributed by atoms with Crippen LogP contribution in [-0.4, -0.2) is 10.2 Å². The largest absolute Gasteiger partial charge is 0.274 e. The summed E-state index contributed by atoms with van der Waals surface area (Å²) in [5, 5.41) is -0.832. The standard InChI is InChI=1S/C8H6ClF2NO/c1-4-3-12-6(7(9)13)2-5(4)8(10)11/h2-3,8H,1H3. The van der Waals surface area contributed by atoms with Crippen LogP contribution in [0.15, 0.2) is 12.3 Å². The van der Waals surface area contributed by atoms with Crippen LogP contribution < -0.4 is 0 Å². The molecule has 2 nitrogen and oxygen atoms in total. The van der Waals surface area contributed by atoms with Crippen LogP contribution >= 0.6 is 11.6 Å². The highest BCUT2D eigenvalue weighted by Crippen LogP contribution is 2.22. The van der Waals surface area contributed by atoms with Gasteiger partial charge >= 0.3 is 0 Å². The Morgan fingerprint density at radius 2 is 2.23 bits per heavy atom. The molecule has 0 bridgehead atoms. The summed E-state index contributed by atoms with van der Waals surface area (Å²) >= 11 is 5.09. The second kappa shape index (κ2) is 3.79. The lowest BCUT2D eigenvalue weighted by molar-refractivity contribution is 0.107. The number of hydrogen-bond acceptors (Lipinski definition) is 2. The number of rotatable bonds is 2. The van der Waals surface area contributed by atoms with Gasteiger partial charge in [0.05, 0.1) is 0 Å². The predicted octanol–water partition coefficient (Wildman–Crippen LogP) is 2.71. The average molecular weight is 206 g/mol. The van der Waals surface area contributed by atoms with Crippen molar-refractivity contribution in [1.29, 1.82) is 0 Å². The first-order valence-electron chi connectivity index (χ1n) is 3.47. The van der Waals surface area contributed by atoms with Crippen molar-refractivity contribution in [3.05, 3.63) is 29.1 Å². The van der Waals surface area contributed by atoms with Crippen molar-refractivity contribution in [3.8, 4) is 0 Å². The molecule has 1 aromatic heterocycles. The highest BCUT2D eigenvalue weighted by Gasteiger charge is 2.13. The molecule has 0 atom stereocenters. The van der Waals surface area contributed by atoms with Gasteiger partial charge in [-0.1, -0.05) is 0 Å². The normalized spacial score (nSPS) is 10.5. The summed E-state index contributed by atoms with van der Waals surface area (Å²) in [6.45, 7) is 1.50. The van der Waals surface area contributed by atoms with E-state index in [9.17, 15) is 13.6 Å². The van der Waals surface area contributed by atoms with Gasteiger partial charge in [-0.3, -0.25) is 9.78 Å². The van der Waals surface area contributed by atoms with Crippen LogP contribution in [0.3, 0.4) is 0 Å². The SMILES string of the molecule is Cc1cnc(C(=O)Cl)cc1C(F)F. The second-order valence-electron chi connectivity index (χ2n) is 2.50. The number of halogens is 3. The van der Waals surface area contributed by atoms with Gasteiger partial charge < -0.3 is 0 Å². The van der Waals surface area contributed by atoms with Gasteiger partial charge in [0.25, 0.3) is 11.7 Å². The molecule has 0 N–H and O–H groups in total. The van der Waals surface area contributed by atoms with E-state index >= 15 is 0 Å². The van der Waals surface area contributed by atoms with Gasteiger partial charge in [0, 0.05) is 11.8 Å². The molecule has 0 aromatic carbocycles. The highest BCUT2D eigenvalue weighted by atomic mass is 35.5. The van der Waals surface area contributed by atoms with Crippen molar-refractivity contribution in [3.63, 3.8) is 0 Å². The van der Waals surface area contributed by atoms with Crippen LogP contribution in [0.5, 0.6) is 0 Å². The molecule has 0 saturated carbocycles. The van der Waals surface area contributed by atoms with E-state index in [1.165, 1.54) is 13.1 Å². The Labute approximate surface area is 78.5 Å². The van der Waals surface area contributed by atoms with Gasteiger partial charge in [0.1, 0.15) is 5.69 Å². The Kier molecular flexibility index (Phi) is 2.93. The number of hydrogen-bond donors (Lipinski definition) is 0. The summed E-state index contributed by atoms with van der Waals surface area (Å²) in [6.07, 6.45) is -1.41. The lowest BCUT2D eigenvalue weighted by atomic mass is 10.1. The maximum absolute atomic E-state index is 12.3. The zero-order valence-electron chi connectivity index (χ0n) is 6.72. The molecule has 70 valence electrons. The van der Waals surface area contributed by atoms with Crippen LogP contribution in [0, 0.1) is 6.92 Å². The first-order valence-corrected chi connectivity index (χ1v) is 3.84. The third-order valence-corrected chi connectivity index (χ3v) is 1.77. The van der Waals surface area contributed by atoms with Crippen molar-refractivity contribution in [2.75, 3.05) is 0 Å². The topological polar surface area (TPSA) is 30.0 Å². The van der Waals surface area contributed by atoms with E-state index in [-0.39, 0.29) is 11.3 Å². The number of carbonyl (C=O) groups excluding carboxylic acids is 1.